The van der Waals surface area contributed by atoms with Crippen molar-refractivity contribution in [2.24, 2.45) is 5.41 Å². The minimum absolute atomic E-state index is 0.236. The zero-order chi connectivity index (χ0) is 11.9. The smallest absolute Gasteiger partial charge is 0.306 e. The van der Waals surface area contributed by atoms with Crippen LogP contribution < -0.4 is 0 Å². The standard InChI is InChI=1S/C11H20O4/c1-5-14-9(12)7-11(3,4)8-10(13)15-6-2/h5-8H2,1-4H3. The van der Waals surface area contributed by atoms with Crippen molar-refractivity contribution in [3.63, 3.8) is 0 Å². The molecular formula is C11H20O4. The van der Waals surface area contributed by atoms with Crippen LogP contribution in [0.2, 0.25) is 0 Å². The second-order valence-corrected chi connectivity index (χ2v) is 4.13. The number of esters is 2. The highest BCUT2D eigenvalue weighted by molar-refractivity contribution is 5.74. The number of carbonyl (C=O) groups excluding carboxylic acids is 2. The minimum atomic E-state index is -0.404. The van der Waals surface area contributed by atoms with Gasteiger partial charge in [-0.05, 0) is 19.3 Å². The fraction of sp³-hybridized carbons (Fsp3) is 0.818. The average Bonchev–Trinajstić information content (AvgIpc) is 2.01. The van der Waals surface area contributed by atoms with E-state index in [9.17, 15) is 9.59 Å². The fourth-order valence-corrected chi connectivity index (χ4v) is 1.27. The molecule has 0 aromatic carbocycles. The summed E-state index contributed by atoms with van der Waals surface area (Å²) in [5.74, 6) is -0.543. The predicted molar refractivity (Wildman–Crippen MR) is 56.3 cm³/mol. The van der Waals surface area contributed by atoms with Crippen LogP contribution in [0.25, 0.3) is 0 Å². The Kier molecular flexibility index (Phi) is 5.97. The van der Waals surface area contributed by atoms with Crippen LogP contribution >= 0.6 is 0 Å². The van der Waals surface area contributed by atoms with E-state index in [1.807, 2.05) is 13.8 Å². The first-order valence-electron chi connectivity index (χ1n) is 5.22. The molecule has 0 radical (unpaired) electrons. The second-order valence-electron chi connectivity index (χ2n) is 4.13. The van der Waals surface area contributed by atoms with Crippen LogP contribution in [-0.2, 0) is 19.1 Å². The Balaban J connectivity index is 4.05. The molecular weight excluding hydrogens is 196 g/mol. The summed E-state index contributed by atoms with van der Waals surface area (Å²) in [5, 5.41) is 0. The van der Waals surface area contributed by atoms with Crippen LogP contribution in [0.5, 0.6) is 0 Å². The number of carbonyl (C=O) groups is 2. The lowest BCUT2D eigenvalue weighted by molar-refractivity contribution is -0.149. The Morgan fingerprint density at radius 2 is 1.27 bits per heavy atom. The van der Waals surface area contributed by atoms with Gasteiger partial charge in [-0.15, -0.1) is 0 Å². The van der Waals surface area contributed by atoms with E-state index in [1.54, 1.807) is 13.8 Å². The highest BCUT2D eigenvalue weighted by atomic mass is 16.5. The molecule has 0 saturated carbocycles. The summed E-state index contributed by atoms with van der Waals surface area (Å²) < 4.78 is 9.66. The van der Waals surface area contributed by atoms with Gasteiger partial charge in [0, 0.05) is 0 Å². The third kappa shape index (κ3) is 6.94. The monoisotopic (exact) mass is 216 g/mol. The summed E-state index contributed by atoms with van der Waals surface area (Å²) in [4.78, 5) is 22.4. The molecule has 0 aromatic rings. The minimum Gasteiger partial charge on any atom is -0.466 e. The molecule has 0 rings (SSSR count). The van der Waals surface area contributed by atoms with Gasteiger partial charge in [0.1, 0.15) is 0 Å². The van der Waals surface area contributed by atoms with E-state index in [0.717, 1.165) is 0 Å². The molecule has 0 amide bonds. The van der Waals surface area contributed by atoms with Gasteiger partial charge in [-0.1, -0.05) is 13.8 Å². The highest BCUT2D eigenvalue weighted by Crippen LogP contribution is 2.26. The van der Waals surface area contributed by atoms with E-state index >= 15 is 0 Å². The Labute approximate surface area is 90.9 Å². The van der Waals surface area contributed by atoms with Gasteiger partial charge >= 0.3 is 11.9 Å². The molecule has 4 heteroatoms. The van der Waals surface area contributed by atoms with Crippen molar-refractivity contribution < 1.29 is 19.1 Å². The van der Waals surface area contributed by atoms with E-state index in [0.29, 0.717) is 13.2 Å². The first-order valence-corrected chi connectivity index (χ1v) is 5.22. The Bertz CT molecular complexity index is 199. The van der Waals surface area contributed by atoms with Gasteiger partial charge < -0.3 is 9.47 Å². The normalized spacial score (nSPS) is 10.9. The topological polar surface area (TPSA) is 52.6 Å². The Hall–Kier alpha value is -1.06. The van der Waals surface area contributed by atoms with Crippen molar-refractivity contribution >= 4 is 11.9 Å². The molecule has 0 aliphatic carbocycles. The van der Waals surface area contributed by atoms with E-state index in [2.05, 4.69) is 0 Å². The molecule has 0 N–H and O–H groups in total. The summed E-state index contributed by atoms with van der Waals surface area (Å²) in [5.41, 5.74) is -0.404. The molecule has 15 heavy (non-hydrogen) atoms. The van der Waals surface area contributed by atoms with E-state index in [-0.39, 0.29) is 24.8 Å². The third-order valence-electron chi connectivity index (χ3n) is 1.86. The highest BCUT2D eigenvalue weighted by Gasteiger charge is 2.26. The van der Waals surface area contributed by atoms with E-state index in [1.165, 1.54) is 0 Å². The quantitative estimate of drug-likeness (QED) is 0.636. The Morgan fingerprint density at radius 1 is 0.933 bits per heavy atom. The van der Waals surface area contributed by atoms with E-state index < -0.39 is 5.41 Å². The van der Waals surface area contributed by atoms with Crippen LogP contribution in [0, 0.1) is 5.41 Å². The van der Waals surface area contributed by atoms with Crippen molar-refractivity contribution in [2.45, 2.75) is 40.5 Å². The second kappa shape index (κ2) is 6.43. The van der Waals surface area contributed by atoms with Gasteiger partial charge in [-0.2, -0.15) is 0 Å². The molecule has 0 atom stereocenters. The molecule has 0 aliphatic heterocycles. The van der Waals surface area contributed by atoms with Gasteiger partial charge in [0.25, 0.3) is 0 Å². The number of rotatable bonds is 6. The van der Waals surface area contributed by atoms with Crippen molar-refractivity contribution in [1.82, 2.24) is 0 Å². The van der Waals surface area contributed by atoms with Crippen LogP contribution in [0.4, 0.5) is 0 Å². The lowest BCUT2D eigenvalue weighted by atomic mass is 9.86. The summed E-state index contributed by atoms with van der Waals surface area (Å²) in [6.07, 6.45) is 0.472. The van der Waals surface area contributed by atoms with Gasteiger partial charge in [-0.25, -0.2) is 0 Å². The molecule has 0 unspecified atom stereocenters. The molecule has 0 aliphatic rings. The van der Waals surface area contributed by atoms with Crippen LogP contribution in [0.15, 0.2) is 0 Å². The zero-order valence-electron chi connectivity index (χ0n) is 9.96. The van der Waals surface area contributed by atoms with Gasteiger partial charge in [-0.3, -0.25) is 9.59 Å². The van der Waals surface area contributed by atoms with E-state index in [4.69, 9.17) is 9.47 Å². The first-order chi connectivity index (χ1) is 6.91. The molecule has 4 nitrogen and oxygen atoms in total. The maximum absolute atomic E-state index is 11.2. The average molecular weight is 216 g/mol. The SMILES string of the molecule is CCOC(=O)CC(C)(C)CC(=O)OCC. The van der Waals surface area contributed by atoms with Crippen LogP contribution in [0.3, 0.4) is 0 Å². The lowest BCUT2D eigenvalue weighted by Crippen LogP contribution is -2.23. The third-order valence-corrected chi connectivity index (χ3v) is 1.86. The van der Waals surface area contributed by atoms with Crippen LogP contribution in [-0.4, -0.2) is 25.2 Å². The summed E-state index contributed by atoms with van der Waals surface area (Å²) >= 11 is 0. The summed E-state index contributed by atoms with van der Waals surface area (Å²) in [7, 11) is 0. The van der Waals surface area contributed by atoms with Crippen molar-refractivity contribution in [1.29, 1.82) is 0 Å². The lowest BCUT2D eigenvalue weighted by Gasteiger charge is -2.21. The largest absolute Gasteiger partial charge is 0.466 e. The van der Waals surface area contributed by atoms with Crippen LogP contribution in [0.1, 0.15) is 40.5 Å². The molecule has 0 heterocycles. The number of hydrogen-bond donors (Lipinski definition) is 0. The zero-order valence-corrected chi connectivity index (χ0v) is 9.96. The maximum atomic E-state index is 11.2. The molecule has 88 valence electrons. The molecule has 0 saturated heterocycles. The summed E-state index contributed by atoms with van der Waals surface area (Å²) in [6.45, 7) is 7.96. The summed E-state index contributed by atoms with van der Waals surface area (Å²) in [6, 6.07) is 0. The number of hydrogen-bond acceptors (Lipinski definition) is 4. The Morgan fingerprint density at radius 3 is 1.53 bits per heavy atom. The maximum Gasteiger partial charge on any atom is 0.306 e. The molecule has 0 fully saturated rings. The van der Waals surface area contributed by atoms with Gasteiger partial charge in [0.2, 0.25) is 0 Å². The van der Waals surface area contributed by atoms with Gasteiger partial charge in [0.15, 0.2) is 0 Å². The number of ether oxygens (including phenoxy) is 2. The molecule has 0 bridgehead atoms. The first kappa shape index (κ1) is 13.9. The van der Waals surface area contributed by atoms with Crippen molar-refractivity contribution in [3.8, 4) is 0 Å². The van der Waals surface area contributed by atoms with Crippen molar-refractivity contribution in [2.75, 3.05) is 13.2 Å². The van der Waals surface area contributed by atoms with Gasteiger partial charge in [0.05, 0.1) is 26.1 Å². The van der Waals surface area contributed by atoms with Crippen molar-refractivity contribution in [3.05, 3.63) is 0 Å². The fourth-order valence-electron chi connectivity index (χ4n) is 1.27. The predicted octanol–water partition coefficient (Wildman–Crippen LogP) is 1.92. The molecule has 0 aromatic heterocycles. The molecule has 0 spiro atoms.